The zero-order chi connectivity index (χ0) is 16.6. The van der Waals surface area contributed by atoms with E-state index in [2.05, 4.69) is 4.98 Å². The van der Waals surface area contributed by atoms with Crippen LogP contribution >= 0.6 is 35.0 Å². The number of halogens is 2. The number of carbonyl (C=O) groups excluding carboxylic acids is 1. The van der Waals surface area contributed by atoms with Crippen LogP contribution in [0.15, 0.2) is 36.5 Å². The number of nitriles is 1. The second kappa shape index (κ2) is 7.20. The lowest BCUT2D eigenvalue weighted by molar-refractivity contribution is 0.103. The van der Waals surface area contributed by atoms with Gasteiger partial charge in [-0.05, 0) is 53.3 Å². The van der Waals surface area contributed by atoms with E-state index >= 15 is 0 Å². The van der Waals surface area contributed by atoms with Gasteiger partial charge in [0.15, 0.2) is 0 Å². The third kappa shape index (κ3) is 2.97. The van der Waals surface area contributed by atoms with Gasteiger partial charge in [0.25, 0.3) is 0 Å². The quantitative estimate of drug-likeness (QED) is 0.484. The van der Waals surface area contributed by atoms with E-state index in [0.29, 0.717) is 32.6 Å². The van der Waals surface area contributed by atoms with E-state index in [1.165, 1.54) is 6.07 Å². The first kappa shape index (κ1) is 18.2. The number of hydrogen-bond donors (Lipinski definition) is 1. The van der Waals surface area contributed by atoms with Crippen molar-refractivity contribution >= 4 is 46.4 Å². The Morgan fingerprint density at radius 3 is 2.83 bits per heavy atom. The summed E-state index contributed by atoms with van der Waals surface area (Å²) in [5.41, 5.74) is 2.37. The molecular weight excluding hydrogens is 441 g/mol. The molecule has 0 saturated heterocycles. The van der Waals surface area contributed by atoms with Crippen molar-refractivity contribution in [3.8, 4) is 11.8 Å². The Labute approximate surface area is 158 Å². The Morgan fingerprint density at radius 1 is 1.42 bits per heavy atom. The van der Waals surface area contributed by atoms with Gasteiger partial charge in [-0.25, -0.2) is 4.98 Å². The molecule has 0 bridgehead atoms. The number of pyridine rings is 1. The number of benzene rings is 1. The van der Waals surface area contributed by atoms with Crippen LogP contribution in [0.3, 0.4) is 0 Å². The predicted molar refractivity (Wildman–Crippen MR) is 101 cm³/mol. The summed E-state index contributed by atoms with van der Waals surface area (Å²) in [6, 6.07) is 10.5. The summed E-state index contributed by atoms with van der Waals surface area (Å²) in [6.07, 6.45) is 2.42. The number of hydrogen-bond acceptors (Lipinski definition) is 4. The average molecular weight is 454 g/mol. The summed E-state index contributed by atoms with van der Waals surface area (Å²) < 4.78 is 2.23. The molecular formula is C17H13ClIN3O2. The molecule has 0 radical (unpaired) electrons. The van der Waals surface area contributed by atoms with E-state index in [0.717, 1.165) is 0 Å². The molecule has 0 atom stereocenters. The second-order valence-electron chi connectivity index (χ2n) is 4.98. The van der Waals surface area contributed by atoms with Crippen molar-refractivity contribution in [3.63, 3.8) is 0 Å². The van der Waals surface area contributed by atoms with E-state index in [1.807, 2.05) is 53.8 Å². The zero-order valence-electron chi connectivity index (χ0n) is 12.7. The van der Waals surface area contributed by atoms with Gasteiger partial charge < -0.3 is 5.11 Å². The van der Waals surface area contributed by atoms with Crippen LogP contribution in [-0.4, -0.2) is 20.3 Å². The van der Waals surface area contributed by atoms with Crippen LogP contribution in [0.2, 0.25) is 0 Å². The van der Waals surface area contributed by atoms with E-state index in [1.54, 1.807) is 16.7 Å². The molecule has 0 aliphatic rings. The van der Waals surface area contributed by atoms with Crippen molar-refractivity contribution in [1.82, 2.24) is 9.38 Å². The number of aryl methyl sites for hydroxylation is 1. The highest BCUT2D eigenvalue weighted by molar-refractivity contribution is 14.1. The van der Waals surface area contributed by atoms with Gasteiger partial charge in [0, 0.05) is 11.8 Å². The molecule has 24 heavy (non-hydrogen) atoms. The Hall–Kier alpha value is -2.11. The number of ketones is 1. The van der Waals surface area contributed by atoms with Crippen LogP contribution in [0.25, 0.3) is 5.65 Å². The van der Waals surface area contributed by atoms with Crippen LogP contribution in [0.4, 0.5) is 0 Å². The molecule has 0 spiro atoms. The van der Waals surface area contributed by atoms with Crippen molar-refractivity contribution in [2.45, 2.75) is 13.3 Å². The van der Waals surface area contributed by atoms with Crippen molar-refractivity contribution < 1.29 is 9.90 Å². The molecule has 2 aromatic heterocycles. The van der Waals surface area contributed by atoms with Gasteiger partial charge in [-0.2, -0.15) is 5.26 Å². The lowest BCUT2D eigenvalue weighted by atomic mass is 10.0. The fraction of sp³-hybridized carbons (Fsp3) is 0.118. The van der Waals surface area contributed by atoms with Crippen LogP contribution in [0.1, 0.15) is 34.2 Å². The van der Waals surface area contributed by atoms with E-state index in [9.17, 15) is 9.90 Å². The molecule has 3 aromatic rings. The molecule has 0 amide bonds. The smallest absolute Gasteiger partial charge is 0.211 e. The van der Waals surface area contributed by atoms with Crippen molar-refractivity contribution in [2.75, 3.05) is 0 Å². The summed E-state index contributed by atoms with van der Waals surface area (Å²) in [7, 11) is 0. The Morgan fingerprint density at radius 2 is 2.17 bits per heavy atom. The average Bonchev–Trinajstić information content (AvgIpc) is 2.95. The molecule has 0 saturated carbocycles. The van der Waals surface area contributed by atoms with Gasteiger partial charge in [-0.3, -0.25) is 9.20 Å². The van der Waals surface area contributed by atoms with E-state index < -0.39 is 0 Å². The van der Waals surface area contributed by atoms with Gasteiger partial charge in [-0.1, -0.05) is 13.0 Å². The molecule has 0 unspecified atom stereocenters. The molecule has 1 aromatic carbocycles. The summed E-state index contributed by atoms with van der Waals surface area (Å²) >= 11 is 1.91. The van der Waals surface area contributed by atoms with Crippen LogP contribution < -0.4 is 0 Å². The number of rotatable bonds is 3. The highest BCUT2D eigenvalue weighted by atomic mass is 127. The summed E-state index contributed by atoms with van der Waals surface area (Å²) in [6.45, 7) is 1.94. The topological polar surface area (TPSA) is 78.4 Å². The molecule has 1 N–H and O–H groups in total. The fourth-order valence-corrected chi connectivity index (χ4v) is 3.11. The number of imidazole rings is 1. The lowest BCUT2D eigenvalue weighted by Crippen LogP contribution is -2.09. The largest absolute Gasteiger partial charge is 0.505 e. The summed E-state index contributed by atoms with van der Waals surface area (Å²) in [4.78, 5) is 17.5. The fourth-order valence-electron chi connectivity index (χ4n) is 2.48. The number of nitrogens with zero attached hydrogens (tertiary/aromatic N) is 3. The van der Waals surface area contributed by atoms with Gasteiger partial charge >= 0.3 is 0 Å². The number of carbonyl (C=O) groups is 1. The zero-order valence-corrected chi connectivity index (χ0v) is 15.6. The minimum Gasteiger partial charge on any atom is -0.505 e. The van der Waals surface area contributed by atoms with Crippen LogP contribution in [-0.2, 0) is 6.42 Å². The third-order valence-electron chi connectivity index (χ3n) is 3.60. The molecule has 2 heterocycles. The third-order valence-corrected chi connectivity index (χ3v) is 4.42. The second-order valence-corrected chi connectivity index (χ2v) is 6.15. The van der Waals surface area contributed by atoms with Gasteiger partial charge in [0.2, 0.25) is 5.78 Å². The van der Waals surface area contributed by atoms with E-state index in [4.69, 9.17) is 5.26 Å². The van der Waals surface area contributed by atoms with E-state index in [-0.39, 0.29) is 29.5 Å². The number of phenols is 1. The maximum atomic E-state index is 13.0. The minimum atomic E-state index is -0.213. The van der Waals surface area contributed by atoms with Crippen LogP contribution in [0.5, 0.6) is 5.75 Å². The molecule has 5 nitrogen and oxygen atoms in total. The van der Waals surface area contributed by atoms with Gasteiger partial charge in [0.05, 0.1) is 14.8 Å². The van der Waals surface area contributed by atoms with Gasteiger partial charge in [0.1, 0.15) is 23.2 Å². The first-order valence-electron chi connectivity index (χ1n) is 7.00. The molecule has 0 aliphatic heterocycles. The normalized spacial score (nSPS) is 10.2. The molecule has 0 aliphatic carbocycles. The standard InChI is InChI=1S/C17H12IN3O2.ClH/c1-2-13-15(21-6-4-3-5-14(21)20-13)17(23)10-7-11(9-19)16(22)12(18)8-10;/h3-8,22H,2H2,1H3;1H. The number of aromatic nitrogens is 2. The van der Waals surface area contributed by atoms with Crippen molar-refractivity contribution in [3.05, 3.63) is 62.6 Å². The number of aromatic hydroxyl groups is 1. The first-order valence-corrected chi connectivity index (χ1v) is 8.08. The maximum Gasteiger partial charge on any atom is 0.211 e. The van der Waals surface area contributed by atoms with Crippen molar-refractivity contribution in [2.24, 2.45) is 0 Å². The number of phenolic OH excluding ortho intramolecular Hbond substituents is 1. The molecule has 3 rings (SSSR count). The number of fused-ring (bicyclic) bond motifs is 1. The molecule has 122 valence electrons. The Kier molecular flexibility index (Phi) is 5.47. The highest BCUT2D eigenvalue weighted by Crippen LogP contribution is 2.27. The first-order chi connectivity index (χ1) is 11.1. The van der Waals surface area contributed by atoms with Crippen LogP contribution in [0, 0.1) is 14.9 Å². The summed E-state index contributed by atoms with van der Waals surface area (Å²) in [5, 5.41) is 19.0. The van der Waals surface area contributed by atoms with Gasteiger partial charge in [-0.15, -0.1) is 12.4 Å². The summed E-state index contributed by atoms with van der Waals surface area (Å²) in [5.74, 6) is -0.312. The van der Waals surface area contributed by atoms with Crippen molar-refractivity contribution in [1.29, 1.82) is 5.26 Å². The highest BCUT2D eigenvalue weighted by Gasteiger charge is 2.21. The maximum absolute atomic E-state index is 13.0. The Balaban J connectivity index is 0.00000208. The molecule has 7 heteroatoms. The predicted octanol–water partition coefficient (Wildman–Crippen LogP) is 3.73. The lowest BCUT2D eigenvalue weighted by Gasteiger charge is -2.06. The minimum absolute atomic E-state index is 0. The Bertz CT molecular complexity index is 976. The molecule has 0 fully saturated rings. The SMILES string of the molecule is CCc1nc2ccccn2c1C(=O)c1cc(I)c(O)c(C#N)c1.Cl. The monoisotopic (exact) mass is 453 g/mol.